The van der Waals surface area contributed by atoms with E-state index >= 15 is 0 Å². The first-order valence-corrected chi connectivity index (χ1v) is 11.3. The number of methoxy groups -OCH3 is 1. The number of pyridine rings is 1. The van der Waals surface area contributed by atoms with Gasteiger partial charge in [-0.2, -0.15) is 5.10 Å². The van der Waals surface area contributed by atoms with E-state index in [1.807, 2.05) is 44.2 Å². The lowest BCUT2D eigenvalue weighted by atomic mass is 10.1. The van der Waals surface area contributed by atoms with Crippen molar-refractivity contribution in [1.82, 2.24) is 14.8 Å². The van der Waals surface area contributed by atoms with Crippen molar-refractivity contribution in [1.29, 1.82) is 0 Å². The van der Waals surface area contributed by atoms with Gasteiger partial charge in [-0.05, 0) is 56.3 Å². The van der Waals surface area contributed by atoms with Crippen molar-refractivity contribution in [2.24, 2.45) is 0 Å². The van der Waals surface area contributed by atoms with Gasteiger partial charge >= 0.3 is 5.97 Å². The molecule has 3 heterocycles. The molecule has 162 valence electrons. The lowest BCUT2D eigenvalue weighted by Crippen LogP contribution is -2.15. The van der Waals surface area contributed by atoms with E-state index in [9.17, 15) is 9.59 Å². The van der Waals surface area contributed by atoms with Gasteiger partial charge in [-0.3, -0.25) is 4.79 Å². The molecule has 0 saturated heterocycles. The van der Waals surface area contributed by atoms with E-state index in [4.69, 9.17) is 14.8 Å². The Morgan fingerprint density at radius 1 is 1.16 bits per heavy atom. The molecule has 4 aromatic rings. The summed E-state index contributed by atoms with van der Waals surface area (Å²) < 4.78 is 6.63. The number of amides is 1. The number of ether oxygens (including phenoxy) is 1. The second-order valence-corrected chi connectivity index (χ2v) is 8.93. The lowest BCUT2D eigenvalue weighted by molar-refractivity contribution is 0.0607. The minimum atomic E-state index is -0.475. The SMILES string of the molecule is COC(=O)c1sccc1NC(=O)c1cc(C2CC2)nc2c1c(C)nn2-c1ccc(C)cc1. The molecule has 1 amide bonds. The second kappa shape index (κ2) is 7.87. The van der Waals surface area contributed by atoms with Crippen LogP contribution in [0.1, 0.15) is 55.7 Å². The number of rotatable bonds is 5. The van der Waals surface area contributed by atoms with Gasteiger partial charge in [0.1, 0.15) is 4.88 Å². The summed E-state index contributed by atoms with van der Waals surface area (Å²) in [5.41, 5.74) is 5.29. The first-order chi connectivity index (χ1) is 15.5. The number of aromatic nitrogens is 3. The molecule has 0 spiro atoms. The average molecular weight is 447 g/mol. The minimum absolute atomic E-state index is 0.297. The number of anilines is 1. The van der Waals surface area contributed by atoms with Crippen LogP contribution in [0, 0.1) is 13.8 Å². The summed E-state index contributed by atoms with van der Waals surface area (Å²) in [6.07, 6.45) is 2.13. The predicted molar refractivity (Wildman–Crippen MR) is 124 cm³/mol. The molecule has 1 saturated carbocycles. The lowest BCUT2D eigenvalue weighted by Gasteiger charge is -2.10. The maximum Gasteiger partial charge on any atom is 0.350 e. The third-order valence-corrected chi connectivity index (χ3v) is 6.53. The van der Waals surface area contributed by atoms with Crippen LogP contribution in [0.4, 0.5) is 5.69 Å². The number of carbonyl (C=O) groups excluding carboxylic acids is 2. The standard InChI is InChI=1S/C24H22N4O3S/c1-13-4-8-16(9-5-13)28-22-20(14(2)27-28)17(12-19(25-22)15-6-7-15)23(29)26-18-10-11-32-21(18)24(30)31-3/h4-5,8-12,15H,6-7H2,1-3H3,(H,26,29). The largest absolute Gasteiger partial charge is 0.465 e. The summed E-state index contributed by atoms with van der Waals surface area (Å²) in [4.78, 5) is 30.7. The molecule has 0 aliphatic heterocycles. The zero-order chi connectivity index (χ0) is 22.4. The van der Waals surface area contributed by atoms with E-state index in [1.54, 1.807) is 16.1 Å². The fourth-order valence-electron chi connectivity index (χ4n) is 3.79. The van der Waals surface area contributed by atoms with Crippen molar-refractivity contribution in [2.45, 2.75) is 32.6 Å². The van der Waals surface area contributed by atoms with Crippen LogP contribution in [0.5, 0.6) is 0 Å². The molecule has 0 radical (unpaired) electrons. The van der Waals surface area contributed by atoms with Crippen LogP contribution in [0.15, 0.2) is 41.8 Å². The fourth-order valence-corrected chi connectivity index (χ4v) is 4.56. The van der Waals surface area contributed by atoms with Gasteiger partial charge in [-0.1, -0.05) is 17.7 Å². The normalized spacial score (nSPS) is 13.3. The summed E-state index contributed by atoms with van der Waals surface area (Å²) in [5.74, 6) is -0.411. The number of fused-ring (bicyclic) bond motifs is 1. The molecule has 32 heavy (non-hydrogen) atoms. The van der Waals surface area contributed by atoms with Crippen molar-refractivity contribution >= 4 is 39.9 Å². The van der Waals surface area contributed by atoms with Gasteiger partial charge in [0.2, 0.25) is 0 Å². The summed E-state index contributed by atoms with van der Waals surface area (Å²) >= 11 is 1.23. The highest BCUT2D eigenvalue weighted by Crippen LogP contribution is 2.41. The van der Waals surface area contributed by atoms with Gasteiger partial charge in [0.25, 0.3) is 5.91 Å². The number of aryl methyl sites for hydroxylation is 2. The van der Waals surface area contributed by atoms with Gasteiger partial charge in [0.05, 0.1) is 35.1 Å². The highest BCUT2D eigenvalue weighted by atomic mass is 32.1. The Kier molecular flexibility index (Phi) is 5.01. The van der Waals surface area contributed by atoms with Crippen molar-refractivity contribution in [3.8, 4) is 5.69 Å². The number of esters is 1. The molecule has 7 nitrogen and oxygen atoms in total. The first-order valence-electron chi connectivity index (χ1n) is 10.4. The minimum Gasteiger partial charge on any atom is -0.465 e. The highest BCUT2D eigenvalue weighted by molar-refractivity contribution is 7.12. The first kappa shape index (κ1) is 20.4. The van der Waals surface area contributed by atoms with E-state index in [0.29, 0.717) is 33.1 Å². The Morgan fingerprint density at radius 2 is 1.91 bits per heavy atom. The molecule has 1 aromatic carbocycles. The van der Waals surface area contributed by atoms with Gasteiger partial charge in [-0.25, -0.2) is 14.5 Å². The molecule has 8 heteroatoms. The van der Waals surface area contributed by atoms with Crippen molar-refractivity contribution in [2.75, 3.05) is 12.4 Å². The molecular formula is C24H22N4O3S. The monoisotopic (exact) mass is 446 g/mol. The Balaban J connectivity index is 1.63. The molecule has 3 aromatic heterocycles. The Morgan fingerprint density at radius 3 is 2.59 bits per heavy atom. The number of nitrogens with one attached hydrogen (secondary N) is 1. The third kappa shape index (κ3) is 3.56. The maximum atomic E-state index is 13.4. The average Bonchev–Trinajstić information content (AvgIpc) is 3.46. The van der Waals surface area contributed by atoms with Gasteiger partial charge in [-0.15, -0.1) is 11.3 Å². The van der Waals surface area contributed by atoms with Crippen molar-refractivity contribution < 1.29 is 14.3 Å². The van der Waals surface area contributed by atoms with E-state index in [1.165, 1.54) is 18.4 Å². The van der Waals surface area contributed by atoms with E-state index in [2.05, 4.69) is 5.32 Å². The number of hydrogen-bond acceptors (Lipinski definition) is 6. The van der Waals surface area contributed by atoms with E-state index in [0.717, 1.165) is 35.5 Å². The molecule has 1 aliphatic carbocycles. The third-order valence-electron chi connectivity index (χ3n) is 5.64. The van der Waals surface area contributed by atoms with Crippen LogP contribution in [0.25, 0.3) is 16.7 Å². The molecule has 0 atom stereocenters. The van der Waals surface area contributed by atoms with Gasteiger partial charge in [0.15, 0.2) is 5.65 Å². The van der Waals surface area contributed by atoms with Crippen LogP contribution in [0.2, 0.25) is 0 Å². The summed E-state index contributed by atoms with van der Waals surface area (Å²) in [6.45, 7) is 3.92. The molecule has 1 fully saturated rings. The maximum absolute atomic E-state index is 13.4. The van der Waals surface area contributed by atoms with Crippen LogP contribution < -0.4 is 5.32 Å². The smallest absolute Gasteiger partial charge is 0.350 e. The van der Waals surface area contributed by atoms with Crippen LogP contribution >= 0.6 is 11.3 Å². The zero-order valence-electron chi connectivity index (χ0n) is 18.0. The summed E-state index contributed by atoms with van der Waals surface area (Å²) in [7, 11) is 1.32. The molecular weight excluding hydrogens is 424 g/mol. The predicted octanol–water partition coefficient (Wildman–Crippen LogP) is 5.02. The fraction of sp³-hybridized carbons (Fsp3) is 0.250. The van der Waals surface area contributed by atoms with Crippen LogP contribution in [-0.4, -0.2) is 33.8 Å². The Hall–Kier alpha value is -3.52. The van der Waals surface area contributed by atoms with Gasteiger partial charge < -0.3 is 10.1 Å². The number of hydrogen-bond donors (Lipinski definition) is 1. The van der Waals surface area contributed by atoms with E-state index < -0.39 is 5.97 Å². The molecule has 1 aliphatic rings. The summed E-state index contributed by atoms with van der Waals surface area (Å²) in [6, 6.07) is 11.6. The number of carbonyl (C=O) groups is 2. The Bertz CT molecular complexity index is 1350. The number of benzene rings is 1. The van der Waals surface area contributed by atoms with E-state index in [-0.39, 0.29) is 5.91 Å². The van der Waals surface area contributed by atoms with Crippen LogP contribution in [0.3, 0.4) is 0 Å². The van der Waals surface area contributed by atoms with Crippen LogP contribution in [-0.2, 0) is 4.74 Å². The van der Waals surface area contributed by atoms with Gasteiger partial charge in [0, 0.05) is 11.6 Å². The zero-order valence-corrected chi connectivity index (χ0v) is 18.8. The van der Waals surface area contributed by atoms with Crippen molar-refractivity contribution in [3.05, 3.63) is 69.2 Å². The number of nitrogens with zero attached hydrogens (tertiary/aromatic N) is 3. The molecule has 5 rings (SSSR count). The highest BCUT2D eigenvalue weighted by Gasteiger charge is 2.29. The number of thiophene rings is 1. The molecule has 0 bridgehead atoms. The van der Waals surface area contributed by atoms with Crippen molar-refractivity contribution in [3.63, 3.8) is 0 Å². The summed E-state index contributed by atoms with van der Waals surface area (Å²) in [5, 5.41) is 10.1. The topological polar surface area (TPSA) is 86.1 Å². The molecule has 0 unspecified atom stereocenters. The Labute approximate surface area is 189 Å². The quantitative estimate of drug-likeness (QED) is 0.435. The second-order valence-electron chi connectivity index (χ2n) is 8.01. The molecule has 1 N–H and O–H groups in total.